The first-order chi connectivity index (χ1) is 10.0. The molecule has 21 heavy (non-hydrogen) atoms. The molecule has 0 bridgehead atoms. The zero-order valence-electron chi connectivity index (χ0n) is 11.0. The van der Waals surface area contributed by atoms with Gasteiger partial charge < -0.3 is 9.47 Å². The predicted octanol–water partition coefficient (Wildman–Crippen LogP) is 4.50. The highest BCUT2D eigenvalue weighted by Crippen LogP contribution is 2.38. The molecule has 0 spiro atoms. The zero-order chi connectivity index (χ0) is 15.4. The van der Waals surface area contributed by atoms with E-state index in [9.17, 15) is 13.6 Å². The highest BCUT2D eigenvalue weighted by atomic mass is 79.9. The van der Waals surface area contributed by atoms with Crippen LogP contribution in [0.1, 0.15) is 10.4 Å². The summed E-state index contributed by atoms with van der Waals surface area (Å²) in [4.78, 5) is 11.8. The van der Waals surface area contributed by atoms with Gasteiger partial charge in [-0.05, 0) is 33.6 Å². The molecule has 2 aromatic carbocycles. The van der Waals surface area contributed by atoms with E-state index in [2.05, 4.69) is 20.7 Å². The molecule has 0 aromatic heterocycles. The fourth-order valence-electron chi connectivity index (χ4n) is 1.94. The van der Waals surface area contributed by atoms with Crippen LogP contribution in [-0.2, 0) is 4.74 Å². The van der Waals surface area contributed by atoms with E-state index in [1.165, 1.54) is 7.11 Å². The Morgan fingerprint density at radius 2 is 1.76 bits per heavy atom. The van der Waals surface area contributed by atoms with Crippen molar-refractivity contribution in [3.63, 3.8) is 0 Å². The zero-order valence-corrected chi connectivity index (χ0v) is 12.6. The van der Waals surface area contributed by atoms with Gasteiger partial charge in [0, 0.05) is 5.56 Å². The lowest BCUT2D eigenvalue weighted by atomic mass is 9.99. The van der Waals surface area contributed by atoms with Gasteiger partial charge in [-0.2, -0.15) is 8.78 Å². The highest BCUT2D eigenvalue weighted by molar-refractivity contribution is 9.10. The van der Waals surface area contributed by atoms with Crippen molar-refractivity contribution in [2.24, 2.45) is 0 Å². The van der Waals surface area contributed by atoms with Crippen LogP contribution in [0.15, 0.2) is 46.9 Å². The fourth-order valence-corrected chi connectivity index (χ4v) is 2.40. The third kappa shape index (κ3) is 3.39. The van der Waals surface area contributed by atoms with E-state index in [0.29, 0.717) is 15.6 Å². The Morgan fingerprint density at radius 1 is 1.10 bits per heavy atom. The number of rotatable bonds is 4. The Bertz CT molecular complexity index is 659. The second-order valence-electron chi connectivity index (χ2n) is 4.03. The smallest absolute Gasteiger partial charge is 0.387 e. The first-order valence-corrected chi connectivity index (χ1v) is 6.75. The molecule has 0 aliphatic carbocycles. The Kier molecular flexibility index (Phi) is 4.90. The van der Waals surface area contributed by atoms with Crippen LogP contribution in [0, 0.1) is 0 Å². The van der Waals surface area contributed by atoms with Crippen molar-refractivity contribution in [1.82, 2.24) is 0 Å². The van der Waals surface area contributed by atoms with Gasteiger partial charge in [0.05, 0.1) is 17.1 Å². The SMILES string of the molecule is COC(=O)c1ccccc1-c1cccc(Br)c1OC(F)F. The van der Waals surface area contributed by atoms with Crippen molar-refractivity contribution in [3.05, 3.63) is 52.5 Å². The van der Waals surface area contributed by atoms with E-state index in [0.717, 1.165) is 0 Å². The molecule has 0 aliphatic heterocycles. The molecule has 0 fully saturated rings. The standard InChI is InChI=1S/C15H11BrF2O3/c1-20-14(19)11-6-3-2-5-9(11)10-7-4-8-12(16)13(10)21-15(17)18/h2-8,15H,1H3. The topological polar surface area (TPSA) is 35.5 Å². The molecule has 3 nitrogen and oxygen atoms in total. The number of hydrogen-bond acceptors (Lipinski definition) is 3. The summed E-state index contributed by atoms with van der Waals surface area (Å²) in [6.45, 7) is -2.97. The van der Waals surface area contributed by atoms with Crippen LogP contribution in [0.25, 0.3) is 11.1 Å². The van der Waals surface area contributed by atoms with E-state index < -0.39 is 12.6 Å². The van der Waals surface area contributed by atoms with Crippen LogP contribution in [0.5, 0.6) is 5.75 Å². The number of esters is 1. The summed E-state index contributed by atoms with van der Waals surface area (Å²) in [6, 6.07) is 11.4. The quantitative estimate of drug-likeness (QED) is 0.756. The maximum Gasteiger partial charge on any atom is 0.387 e. The van der Waals surface area contributed by atoms with Crippen LogP contribution in [0.3, 0.4) is 0 Å². The molecule has 0 saturated heterocycles. The lowest BCUT2D eigenvalue weighted by molar-refractivity contribution is -0.0499. The Hall–Kier alpha value is -1.95. The van der Waals surface area contributed by atoms with E-state index in [1.54, 1.807) is 42.5 Å². The molecule has 0 amide bonds. The van der Waals surface area contributed by atoms with Crippen molar-refractivity contribution < 1.29 is 23.0 Å². The number of alkyl halides is 2. The molecule has 0 atom stereocenters. The van der Waals surface area contributed by atoms with Crippen LogP contribution >= 0.6 is 15.9 Å². The van der Waals surface area contributed by atoms with Crippen molar-refractivity contribution >= 4 is 21.9 Å². The third-order valence-corrected chi connectivity index (χ3v) is 3.42. The molecular weight excluding hydrogens is 346 g/mol. The van der Waals surface area contributed by atoms with Crippen molar-refractivity contribution in [2.45, 2.75) is 6.61 Å². The molecule has 0 unspecified atom stereocenters. The van der Waals surface area contributed by atoms with Gasteiger partial charge in [-0.1, -0.05) is 30.3 Å². The largest absolute Gasteiger partial charge is 0.465 e. The number of para-hydroxylation sites is 1. The van der Waals surface area contributed by atoms with Crippen LogP contribution < -0.4 is 4.74 Å². The van der Waals surface area contributed by atoms with Crippen molar-refractivity contribution in [2.75, 3.05) is 7.11 Å². The van der Waals surface area contributed by atoms with E-state index in [1.807, 2.05) is 0 Å². The minimum Gasteiger partial charge on any atom is -0.465 e. The number of ether oxygens (including phenoxy) is 2. The molecule has 2 aromatic rings. The van der Waals surface area contributed by atoms with Gasteiger partial charge in [-0.3, -0.25) is 0 Å². The molecule has 2 rings (SSSR count). The van der Waals surface area contributed by atoms with Gasteiger partial charge in [0.25, 0.3) is 0 Å². The molecule has 110 valence electrons. The van der Waals surface area contributed by atoms with Gasteiger partial charge in [0.15, 0.2) is 0 Å². The summed E-state index contributed by atoms with van der Waals surface area (Å²) in [5.74, 6) is -0.572. The second-order valence-corrected chi connectivity index (χ2v) is 4.89. The lowest BCUT2D eigenvalue weighted by Gasteiger charge is -2.14. The maximum absolute atomic E-state index is 12.6. The van der Waals surface area contributed by atoms with Crippen LogP contribution in [-0.4, -0.2) is 19.7 Å². The number of hydrogen-bond donors (Lipinski definition) is 0. The maximum atomic E-state index is 12.6. The molecule has 0 radical (unpaired) electrons. The van der Waals surface area contributed by atoms with Gasteiger partial charge in [0.2, 0.25) is 0 Å². The minimum atomic E-state index is -2.97. The summed E-state index contributed by atoms with van der Waals surface area (Å²) >= 11 is 3.18. The predicted molar refractivity (Wildman–Crippen MR) is 77.5 cm³/mol. The first-order valence-electron chi connectivity index (χ1n) is 5.95. The Morgan fingerprint density at radius 3 is 2.43 bits per heavy atom. The van der Waals surface area contributed by atoms with Gasteiger partial charge in [-0.15, -0.1) is 0 Å². The number of methoxy groups -OCH3 is 1. The van der Waals surface area contributed by atoms with Crippen LogP contribution in [0.4, 0.5) is 8.78 Å². The fraction of sp³-hybridized carbons (Fsp3) is 0.133. The molecule has 0 heterocycles. The normalized spacial score (nSPS) is 10.5. The molecule has 6 heteroatoms. The molecular formula is C15H11BrF2O3. The van der Waals surface area contributed by atoms with Crippen molar-refractivity contribution in [3.8, 4) is 16.9 Å². The monoisotopic (exact) mass is 356 g/mol. The Labute approximate surface area is 128 Å². The molecule has 0 aliphatic rings. The summed E-state index contributed by atoms with van der Waals surface area (Å²) in [5, 5.41) is 0. The molecule has 0 saturated carbocycles. The third-order valence-electron chi connectivity index (χ3n) is 2.80. The molecule has 0 N–H and O–H groups in total. The summed E-state index contributed by atoms with van der Waals surface area (Å²) in [5.41, 5.74) is 1.11. The van der Waals surface area contributed by atoms with Gasteiger partial charge in [-0.25, -0.2) is 4.79 Å². The second kappa shape index (κ2) is 6.67. The number of benzene rings is 2. The van der Waals surface area contributed by atoms with E-state index in [4.69, 9.17) is 4.74 Å². The average molecular weight is 357 g/mol. The van der Waals surface area contributed by atoms with E-state index >= 15 is 0 Å². The lowest BCUT2D eigenvalue weighted by Crippen LogP contribution is -2.06. The van der Waals surface area contributed by atoms with E-state index in [-0.39, 0.29) is 11.3 Å². The van der Waals surface area contributed by atoms with Gasteiger partial charge in [0.1, 0.15) is 5.75 Å². The number of halogens is 3. The summed E-state index contributed by atoms with van der Waals surface area (Å²) < 4.78 is 34.8. The van der Waals surface area contributed by atoms with Crippen LogP contribution in [0.2, 0.25) is 0 Å². The average Bonchev–Trinajstić information content (AvgIpc) is 2.48. The Balaban J connectivity index is 2.62. The first kappa shape index (κ1) is 15.4. The number of carbonyl (C=O) groups excluding carboxylic acids is 1. The number of carbonyl (C=O) groups is 1. The minimum absolute atomic E-state index is 0.0242. The van der Waals surface area contributed by atoms with Crippen molar-refractivity contribution in [1.29, 1.82) is 0 Å². The highest BCUT2D eigenvalue weighted by Gasteiger charge is 2.19. The van der Waals surface area contributed by atoms with Gasteiger partial charge >= 0.3 is 12.6 Å². The summed E-state index contributed by atoms with van der Waals surface area (Å²) in [6.07, 6.45) is 0. The summed E-state index contributed by atoms with van der Waals surface area (Å²) in [7, 11) is 1.26.